The quantitative estimate of drug-likeness (QED) is 0.572. The Labute approximate surface area is 179 Å². The fraction of sp³-hybridized carbons (Fsp3) is 0.318. The van der Waals surface area contributed by atoms with Gasteiger partial charge < -0.3 is 4.74 Å². The second-order valence-electron chi connectivity index (χ2n) is 7.42. The lowest BCUT2D eigenvalue weighted by molar-refractivity contribution is 0.0813. The van der Waals surface area contributed by atoms with Crippen LogP contribution in [-0.2, 0) is 4.74 Å². The number of nitrogens with one attached hydrogen (secondary N) is 2. The number of hydrogen-bond donors (Lipinski definition) is 2. The van der Waals surface area contributed by atoms with E-state index in [0.29, 0.717) is 29.4 Å². The van der Waals surface area contributed by atoms with Gasteiger partial charge in [0.2, 0.25) is 0 Å². The Kier molecular flexibility index (Phi) is 6.30. The van der Waals surface area contributed by atoms with Gasteiger partial charge in [-0.3, -0.25) is 20.1 Å². The van der Waals surface area contributed by atoms with Crippen LogP contribution in [0.25, 0.3) is 10.9 Å². The fourth-order valence-electron chi connectivity index (χ4n) is 3.70. The predicted molar refractivity (Wildman–Crippen MR) is 116 cm³/mol. The second kappa shape index (κ2) is 9.28. The van der Waals surface area contributed by atoms with E-state index < -0.39 is 6.09 Å². The fourth-order valence-corrected chi connectivity index (χ4v) is 3.83. The lowest BCUT2D eigenvalue weighted by Gasteiger charge is -2.31. The van der Waals surface area contributed by atoms with Crippen molar-refractivity contribution >= 4 is 40.1 Å². The lowest BCUT2D eigenvalue weighted by Crippen LogP contribution is -2.38. The molecule has 2 aromatic carbocycles. The molecule has 30 heavy (non-hydrogen) atoms. The summed E-state index contributed by atoms with van der Waals surface area (Å²) in [7, 11) is 0. The van der Waals surface area contributed by atoms with E-state index in [9.17, 15) is 9.59 Å². The first-order valence-electron chi connectivity index (χ1n) is 9.97. The number of anilines is 1. The minimum absolute atomic E-state index is 0.0315. The molecule has 0 atom stereocenters. The predicted octanol–water partition coefficient (Wildman–Crippen LogP) is 4.36. The SMILES string of the molecule is O=C(Nc1ccc2cn[nH]c2c1)OCCN1CCC(C(=O)c2ccc(Cl)cc2)CC1. The zero-order valence-electron chi connectivity index (χ0n) is 16.4. The van der Waals surface area contributed by atoms with Crippen LogP contribution in [0, 0.1) is 5.92 Å². The molecule has 1 aliphatic heterocycles. The van der Waals surface area contributed by atoms with Gasteiger partial charge >= 0.3 is 6.09 Å². The van der Waals surface area contributed by atoms with E-state index in [1.807, 2.05) is 18.2 Å². The number of nitrogens with zero attached hydrogens (tertiary/aromatic N) is 2. The number of piperidine rings is 1. The van der Waals surface area contributed by atoms with Crippen molar-refractivity contribution in [2.45, 2.75) is 12.8 Å². The first kappa shape index (κ1) is 20.4. The van der Waals surface area contributed by atoms with Crippen LogP contribution in [0.3, 0.4) is 0 Å². The van der Waals surface area contributed by atoms with E-state index in [1.54, 1.807) is 30.5 Å². The van der Waals surface area contributed by atoms with Crippen LogP contribution in [-0.4, -0.2) is 53.2 Å². The second-order valence-corrected chi connectivity index (χ2v) is 7.86. The monoisotopic (exact) mass is 426 g/mol. The molecule has 0 bridgehead atoms. The van der Waals surface area contributed by atoms with Gasteiger partial charge in [0, 0.05) is 34.1 Å². The number of aromatic nitrogens is 2. The number of ketones is 1. The van der Waals surface area contributed by atoms with Gasteiger partial charge in [-0.15, -0.1) is 0 Å². The number of Topliss-reactive ketones (excluding diaryl/α,β-unsaturated/α-hetero) is 1. The number of carbonyl (C=O) groups excluding carboxylic acids is 2. The van der Waals surface area contributed by atoms with Crippen molar-refractivity contribution in [3.63, 3.8) is 0 Å². The maximum atomic E-state index is 12.6. The summed E-state index contributed by atoms with van der Waals surface area (Å²) >= 11 is 5.89. The van der Waals surface area contributed by atoms with Crippen molar-refractivity contribution in [1.82, 2.24) is 15.1 Å². The summed E-state index contributed by atoms with van der Waals surface area (Å²) in [5, 5.41) is 11.2. The number of halogens is 1. The molecule has 0 aliphatic carbocycles. The molecule has 1 aromatic heterocycles. The van der Waals surface area contributed by atoms with E-state index in [0.717, 1.165) is 36.8 Å². The zero-order chi connectivity index (χ0) is 20.9. The molecule has 8 heteroatoms. The molecule has 2 heterocycles. The maximum Gasteiger partial charge on any atom is 0.411 e. The lowest BCUT2D eigenvalue weighted by atomic mass is 9.89. The number of benzene rings is 2. The van der Waals surface area contributed by atoms with E-state index in [2.05, 4.69) is 20.4 Å². The van der Waals surface area contributed by atoms with Gasteiger partial charge in [0.25, 0.3) is 0 Å². The number of aromatic amines is 1. The summed E-state index contributed by atoms with van der Waals surface area (Å²) in [6.07, 6.45) is 2.85. The third-order valence-electron chi connectivity index (χ3n) is 5.42. The number of likely N-dealkylation sites (tertiary alicyclic amines) is 1. The van der Waals surface area contributed by atoms with Crippen LogP contribution >= 0.6 is 11.6 Å². The number of amides is 1. The average molecular weight is 427 g/mol. The number of H-pyrrole nitrogens is 1. The Morgan fingerprint density at radius 3 is 2.70 bits per heavy atom. The molecule has 1 fully saturated rings. The van der Waals surface area contributed by atoms with Gasteiger partial charge in [-0.2, -0.15) is 5.10 Å². The van der Waals surface area contributed by atoms with Crippen LogP contribution in [0.15, 0.2) is 48.7 Å². The van der Waals surface area contributed by atoms with Crippen LogP contribution in [0.1, 0.15) is 23.2 Å². The van der Waals surface area contributed by atoms with Crippen LogP contribution in [0.4, 0.5) is 10.5 Å². The van der Waals surface area contributed by atoms with Gasteiger partial charge in [-0.25, -0.2) is 4.79 Å². The zero-order valence-corrected chi connectivity index (χ0v) is 17.2. The summed E-state index contributed by atoms with van der Waals surface area (Å²) in [6, 6.07) is 12.6. The van der Waals surface area contributed by atoms with Crippen LogP contribution in [0.5, 0.6) is 0 Å². The van der Waals surface area contributed by atoms with Gasteiger partial charge in [-0.05, 0) is 68.4 Å². The normalized spacial score (nSPS) is 15.2. The standard InChI is InChI=1S/C22H23ClN4O3/c23-18-4-1-15(2-5-18)21(28)16-7-9-27(10-8-16)11-12-30-22(29)25-19-6-3-17-14-24-26-20(17)13-19/h1-6,13-14,16H,7-12H2,(H,24,26)(H,25,29). The number of hydrogen-bond acceptors (Lipinski definition) is 5. The van der Waals surface area contributed by atoms with Crippen molar-refractivity contribution in [2.75, 3.05) is 31.6 Å². The Morgan fingerprint density at radius 2 is 1.93 bits per heavy atom. The summed E-state index contributed by atoms with van der Waals surface area (Å²) in [5.74, 6) is 0.209. The highest BCUT2D eigenvalue weighted by Crippen LogP contribution is 2.22. The number of carbonyl (C=O) groups is 2. The molecule has 7 nitrogen and oxygen atoms in total. The molecular weight excluding hydrogens is 404 g/mol. The molecular formula is C22H23ClN4O3. The minimum atomic E-state index is -0.485. The molecule has 0 saturated carbocycles. The van der Waals surface area contributed by atoms with E-state index >= 15 is 0 Å². The molecule has 0 radical (unpaired) electrons. The molecule has 0 spiro atoms. The van der Waals surface area contributed by atoms with Crippen molar-refractivity contribution in [3.05, 3.63) is 59.2 Å². The van der Waals surface area contributed by atoms with Crippen molar-refractivity contribution < 1.29 is 14.3 Å². The first-order chi connectivity index (χ1) is 14.6. The third kappa shape index (κ3) is 4.98. The average Bonchev–Trinajstić information content (AvgIpc) is 3.22. The van der Waals surface area contributed by atoms with E-state index in [1.165, 1.54) is 0 Å². The first-order valence-corrected chi connectivity index (χ1v) is 10.4. The van der Waals surface area contributed by atoms with E-state index in [-0.39, 0.29) is 11.7 Å². The third-order valence-corrected chi connectivity index (χ3v) is 5.67. The molecule has 1 amide bonds. The number of fused-ring (bicyclic) bond motifs is 1. The Hall–Kier alpha value is -2.90. The molecule has 1 aliphatic rings. The summed E-state index contributed by atoms with van der Waals surface area (Å²) in [6.45, 7) is 2.57. The Balaban J connectivity index is 1.18. The minimum Gasteiger partial charge on any atom is -0.448 e. The van der Waals surface area contributed by atoms with E-state index in [4.69, 9.17) is 16.3 Å². The van der Waals surface area contributed by atoms with Gasteiger partial charge in [-0.1, -0.05) is 11.6 Å². The smallest absolute Gasteiger partial charge is 0.411 e. The highest BCUT2D eigenvalue weighted by molar-refractivity contribution is 6.30. The highest BCUT2D eigenvalue weighted by Gasteiger charge is 2.25. The van der Waals surface area contributed by atoms with Gasteiger partial charge in [0.15, 0.2) is 5.78 Å². The molecule has 4 rings (SSSR count). The van der Waals surface area contributed by atoms with Crippen LogP contribution in [0.2, 0.25) is 5.02 Å². The summed E-state index contributed by atoms with van der Waals surface area (Å²) in [4.78, 5) is 26.9. The maximum absolute atomic E-state index is 12.6. The summed E-state index contributed by atoms with van der Waals surface area (Å²) in [5.41, 5.74) is 2.22. The Bertz CT molecular complexity index is 1030. The number of ether oxygens (including phenoxy) is 1. The van der Waals surface area contributed by atoms with Crippen LogP contribution < -0.4 is 5.32 Å². The van der Waals surface area contributed by atoms with Crippen molar-refractivity contribution in [1.29, 1.82) is 0 Å². The number of rotatable bonds is 6. The molecule has 1 saturated heterocycles. The van der Waals surface area contributed by atoms with Gasteiger partial charge in [0.1, 0.15) is 6.61 Å². The molecule has 2 N–H and O–H groups in total. The van der Waals surface area contributed by atoms with Crippen molar-refractivity contribution in [3.8, 4) is 0 Å². The summed E-state index contributed by atoms with van der Waals surface area (Å²) < 4.78 is 5.30. The van der Waals surface area contributed by atoms with Gasteiger partial charge in [0.05, 0.1) is 11.7 Å². The molecule has 3 aromatic rings. The van der Waals surface area contributed by atoms with Crippen molar-refractivity contribution in [2.24, 2.45) is 5.92 Å². The topological polar surface area (TPSA) is 87.3 Å². The Morgan fingerprint density at radius 1 is 1.17 bits per heavy atom. The highest BCUT2D eigenvalue weighted by atomic mass is 35.5. The molecule has 0 unspecified atom stereocenters. The largest absolute Gasteiger partial charge is 0.448 e. The molecule has 156 valence electrons.